The molecule has 0 saturated heterocycles. The molecule has 2 N–H and O–H groups in total. The SMILES string of the molecule is Cc1occc1Sc1ccc(CN)cc1. The van der Waals surface area contributed by atoms with Crippen LogP contribution in [0.1, 0.15) is 11.3 Å². The van der Waals surface area contributed by atoms with Crippen molar-refractivity contribution in [3.05, 3.63) is 47.9 Å². The predicted molar refractivity (Wildman–Crippen MR) is 61.9 cm³/mol. The molecule has 15 heavy (non-hydrogen) atoms. The van der Waals surface area contributed by atoms with Gasteiger partial charge in [0.05, 0.1) is 11.2 Å². The Morgan fingerprint density at radius 1 is 1.20 bits per heavy atom. The second-order valence-electron chi connectivity index (χ2n) is 3.29. The summed E-state index contributed by atoms with van der Waals surface area (Å²) in [6.45, 7) is 2.56. The van der Waals surface area contributed by atoms with Crippen LogP contribution in [-0.2, 0) is 6.54 Å². The summed E-state index contributed by atoms with van der Waals surface area (Å²) < 4.78 is 5.24. The van der Waals surface area contributed by atoms with E-state index >= 15 is 0 Å². The van der Waals surface area contributed by atoms with Crippen LogP contribution in [0.3, 0.4) is 0 Å². The normalized spacial score (nSPS) is 10.5. The maximum Gasteiger partial charge on any atom is 0.114 e. The summed E-state index contributed by atoms with van der Waals surface area (Å²) in [6, 6.07) is 10.3. The zero-order valence-corrected chi connectivity index (χ0v) is 9.38. The van der Waals surface area contributed by atoms with Gasteiger partial charge in [-0.2, -0.15) is 0 Å². The maximum atomic E-state index is 5.54. The molecule has 0 fully saturated rings. The number of furan rings is 1. The largest absolute Gasteiger partial charge is 0.468 e. The number of aryl methyl sites for hydroxylation is 1. The molecule has 0 saturated carbocycles. The Hall–Kier alpha value is -1.19. The smallest absolute Gasteiger partial charge is 0.114 e. The lowest BCUT2D eigenvalue weighted by molar-refractivity contribution is 0.527. The Morgan fingerprint density at radius 2 is 1.93 bits per heavy atom. The summed E-state index contributed by atoms with van der Waals surface area (Å²) in [7, 11) is 0. The summed E-state index contributed by atoms with van der Waals surface area (Å²) in [5.41, 5.74) is 6.69. The van der Waals surface area contributed by atoms with Crippen LogP contribution < -0.4 is 5.73 Å². The van der Waals surface area contributed by atoms with Gasteiger partial charge >= 0.3 is 0 Å². The van der Waals surface area contributed by atoms with Crippen molar-refractivity contribution >= 4 is 11.8 Å². The molecule has 0 amide bonds. The molecule has 0 aliphatic heterocycles. The van der Waals surface area contributed by atoms with Crippen LogP contribution in [0.15, 0.2) is 50.8 Å². The fraction of sp³-hybridized carbons (Fsp3) is 0.167. The van der Waals surface area contributed by atoms with Crippen molar-refractivity contribution in [3.8, 4) is 0 Å². The van der Waals surface area contributed by atoms with Crippen LogP contribution in [0.2, 0.25) is 0 Å². The zero-order valence-electron chi connectivity index (χ0n) is 8.57. The number of benzene rings is 1. The van der Waals surface area contributed by atoms with Gasteiger partial charge in [0.2, 0.25) is 0 Å². The van der Waals surface area contributed by atoms with Crippen molar-refractivity contribution in [2.24, 2.45) is 5.73 Å². The van der Waals surface area contributed by atoms with Gasteiger partial charge in [-0.15, -0.1) is 0 Å². The molecule has 2 aromatic rings. The van der Waals surface area contributed by atoms with Gasteiger partial charge in [0.25, 0.3) is 0 Å². The molecule has 2 nitrogen and oxygen atoms in total. The lowest BCUT2D eigenvalue weighted by Gasteiger charge is -2.01. The molecule has 0 atom stereocenters. The average Bonchev–Trinajstić information content (AvgIpc) is 2.66. The van der Waals surface area contributed by atoms with Crippen molar-refractivity contribution in [2.75, 3.05) is 0 Å². The molecule has 78 valence electrons. The van der Waals surface area contributed by atoms with E-state index in [1.165, 1.54) is 4.90 Å². The standard InChI is InChI=1S/C12H13NOS/c1-9-12(6-7-14-9)15-11-4-2-10(8-13)3-5-11/h2-7H,8,13H2,1H3. The van der Waals surface area contributed by atoms with Crippen LogP contribution in [-0.4, -0.2) is 0 Å². The van der Waals surface area contributed by atoms with Crippen molar-refractivity contribution in [1.82, 2.24) is 0 Å². The first-order valence-electron chi connectivity index (χ1n) is 4.80. The highest BCUT2D eigenvalue weighted by Crippen LogP contribution is 2.30. The molecule has 1 heterocycles. The predicted octanol–water partition coefficient (Wildman–Crippen LogP) is 3.20. The summed E-state index contributed by atoms with van der Waals surface area (Å²) in [6.07, 6.45) is 1.71. The molecule has 1 aromatic carbocycles. The van der Waals surface area contributed by atoms with Crippen LogP contribution in [0.5, 0.6) is 0 Å². The molecule has 0 aliphatic carbocycles. The van der Waals surface area contributed by atoms with Crippen LogP contribution in [0.25, 0.3) is 0 Å². The van der Waals surface area contributed by atoms with Crippen molar-refractivity contribution in [3.63, 3.8) is 0 Å². The fourth-order valence-corrected chi connectivity index (χ4v) is 2.14. The molecular formula is C12H13NOS. The van der Waals surface area contributed by atoms with Crippen LogP contribution in [0, 0.1) is 6.92 Å². The van der Waals surface area contributed by atoms with Gasteiger partial charge in [0.1, 0.15) is 5.76 Å². The Kier molecular flexibility index (Phi) is 3.14. The minimum Gasteiger partial charge on any atom is -0.468 e. The summed E-state index contributed by atoms with van der Waals surface area (Å²) in [5.74, 6) is 0.961. The van der Waals surface area contributed by atoms with E-state index in [0.717, 1.165) is 16.2 Å². The lowest BCUT2D eigenvalue weighted by atomic mass is 10.2. The molecule has 2 rings (SSSR count). The van der Waals surface area contributed by atoms with Gasteiger partial charge in [-0.1, -0.05) is 23.9 Å². The summed E-state index contributed by atoms with van der Waals surface area (Å²) in [5, 5.41) is 0. The first kappa shape index (κ1) is 10.3. The molecule has 0 aliphatic rings. The van der Waals surface area contributed by atoms with E-state index in [9.17, 15) is 0 Å². The molecule has 3 heteroatoms. The van der Waals surface area contributed by atoms with Crippen LogP contribution >= 0.6 is 11.8 Å². The highest BCUT2D eigenvalue weighted by atomic mass is 32.2. The van der Waals surface area contributed by atoms with Gasteiger partial charge in [-0.3, -0.25) is 0 Å². The third kappa shape index (κ3) is 2.43. The van der Waals surface area contributed by atoms with Gasteiger partial charge in [0.15, 0.2) is 0 Å². The highest BCUT2D eigenvalue weighted by molar-refractivity contribution is 7.99. The molecule has 1 aromatic heterocycles. The van der Waals surface area contributed by atoms with E-state index < -0.39 is 0 Å². The lowest BCUT2D eigenvalue weighted by Crippen LogP contribution is -1.94. The Morgan fingerprint density at radius 3 is 2.47 bits per heavy atom. The quantitative estimate of drug-likeness (QED) is 0.861. The molecule has 0 bridgehead atoms. The Bertz CT molecular complexity index is 433. The number of hydrogen-bond acceptors (Lipinski definition) is 3. The van der Waals surface area contributed by atoms with Crippen molar-refractivity contribution in [2.45, 2.75) is 23.3 Å². The minimum atomic E-state index is 0.593. The van der Waals surface area contributed by atoms with E-state index in [2.05, 4.69) is 24.3 Å². The van der Waals surface area contributed by atoms with Crippen molar-refractivity contribution < 1.29 is 4.42 Å². The molecule has 0 spiro atoms. The van der Waals surface area contributed by atoms with E-state index in [1.54, 1.807) is 18.0 Å². The summed E-state index contributed by atoms with van der Waals surface area (Å²) >= 11 is 1.71. The second-order valence-corrected chi connectivity index (χ2v) is 4.41. The van der Waals surface area contributed by atoms with Gasteiger partial charge in [0, 0.05) is 11.4 Å². The third-order valence-corrected chi connectivity index (χ3v) is 3.35. The third-order valence-electron chi connectivity index (χ3n) is 2.20. The van der Waals surface area contributed by atoms with E-state index in [-0.39, 0.29) is 0 Å². The van der Waals surface area contributed by atoms with Gasteiger partial charge < -0.3 is 10.2 Å². The average molecular weight is 219 g/mol. The second kappa shape index (κ2) is 4.55. The topological polar surface area (TPSA) is 39.2 Å². The van der Waals surface area contributed by atoms with E-state index in [0.29, 0.717) is 6.54 Å². The van der Waals surface area contributed by atoms with E-state index in [1.807, 2.05) is 13.0 Å². The Labute approximate surface area is 93.5 Å². The number of hydrogen-bond donors (Lipinski definition) is 1. The van der Waals surface area contributed by atoms with Gasteiger partial charge in [-0.05, 0) is 30.7 Å². The van der Waals surface area contributed by atoms with E-state index in [4.69, 9.17) is 10.2 Å². The van der Waals surface area contributed by atoms with Crippen LogP contribution in [0.4, 0.5) is 0 Å². The number of nitrogens with two attached hydrogens (primary N) is 1. The zero-order chi connectivity index (χ0) is 10.7. The molecule has 0 radical (unpaired) electrons. The maximum absolute atomic E-state index is 5.54. The molecule has 0 unspecified atom stereocenters. The fourth-order valence-electron chi connectivity index (χ4n) is 1.30. The first-order chi connectivity index (χ1) is 7.29. The van der Waals surface area contributed by atoms with Crippen molar-refractivity contribution in [1.29, 1.82) is 0 Å². The van der Waals surface area contributed by atoms with Gasteiger partial charge in [-0.25, -0.2) is 0 Å². The minimum absolute atomic E-state index is 0.593. The highest BCUT2D eigenvalue weighted by Gasteiger charge is 2.03. The first-order valence-corrected chi connectivity index (χ1v) is 5.62. The summed E-state index contributed by atoms with van der Waals surface area (Å²) in [4.78, 5) is 2.37. The molecular weight excluding hydrogens is 206 g/mol. The monoisotopic (exact) mass is 219 g/mol. The Balaban J connectivity index is 2.14. The number of rotatable bonds is 3.